The predicted octanol–water partition coefficient (Wildman–Crippen LogP) is 2.45. The monoisotopic (exact) mass is 345 g/mol. The second-order valence-electron chi connectivity index (χ2n) is 5.06. The lowest BCUT2D eigenvalue weighted by Gasteiger charge is -2.04. The van der Waals surface area contributed by atoms with Crippen molar-refractivity contribution in [3.8, 4) is 11.4 Å². The van der Waals surface area contributed by atoms with Crippen molar-refractivity contribution >= 4 is 17.5 Å². The summed E-state index contributed by atoms with van der Waals surface area (Å²) in [6.07, 6.45) is 0. The summed E-state index contributed by atoms with van der Waals surface area (Å²) in [6.45, 7) is 0.272. The van der Waals surface area contributed by atoms with Gasteiger partial charge in [-0.05, 0) is 35.0 Å². The molecule has 0 fully saturated rings. The lowest BCUT2D eigenvalue weighted by atomic mass is 10.2. The summed E-state index contributed by atoms with van der Waals surface area (Å²) >= 11 is 5.89. The van der Waals surface area contributed by atoms with E-state index in [9.17, 15) is 9.18 Å². The Hall–Kier alpha value is -2.80. The largest absolute Gasteiger partial charge is 0.350 e. The lowest BCUT2D eigenvalue weighted by molar-refractivity contribution is -0.122. The highest BCUT2D eigenvalue weighted by Crippen LogP contribution is 2.14. The molecule has 1 aromatic heterocycles. The molecular formula is C16H13ClFN5O. The quantitative estimate of drug-likeness (QED) is 0.771. The van der Waals surface area contributed by atoms with Gasteiger partial charge in [-0.1, -0.05) is 35.9 Å². The molecule has 3 aromatic rings. The van der Waals surface area contributed by atoms with Crippen molar-refractivity contribution < 1.29 is 9.18 Å². The average Bonchev–Trinajstić information content (AvgIpc) is 3.01. The molecule has 0 aliphatic carbocycles. The second kappa shape index (κ2) is 7.18. The minimum Gasteiger partial charge on any atom is -0.350 e. The molecular weight excluding hydrogens is 333 g/mol. The third-order valence-electron chi connectivity index (χ3n) is 3.20. The zero-order valence-electron chi connectivity index (χ0n) is 12.5. The Morgan fingerprint density at radius 1 is 1.21 bits per heavy atom. The first kappa shape index (κ1) is 16.1. The normalized spacial score (nSPS) is 10.6. The fourth-order valence-electron chi connectivity index (χ4n) is 2.09. The van der Waals surface area contributed by atoms with Crippen LogP contribution < -0.4 is 5.32 Å². The standard InChI is InChI=1S/C16H13ClFN5O/c17-13-5-1-3-11(7-13)9-19-15(24)10-23-21-16(20-22-23)12-4-2-6-14(18)8-12/h1-8H,9-10H2,(H,19,24). The fourth-order valence-corrected chi connectivity index (χ4v) is 2.30. The van der Waals surface area contributed by atoms with Crippen LogP contribution in [0.4, 0.5) is 4.39 Å². The van der Waals surface area contributed by atoms with Crippen LogP contribution in [-0.2, 0) is 17.9 Å². The van der Waals surface area contributed by atoms with Crippen molar-refractivity contribution in [3.63, 3.8) is 0 Å². The number of benzene rings is 2. The highest BCUT2D eigenvalue weighted by Gasteiger charge is 2.10. The Morgan fingerprint density at radius 2 is 2.04 bits per heavy atom. The van der Waals surface area contributed by atoms with Crippen LogP contribution in [0.2, 0.25) is 5.02 Å². The summed E-state index contributed by atoms with van der Waals surface area (Å²) < 4.78 is 13.2. The van der Waals surface area contributed by atoms with Gasteiger partial charge in [-0.2, -0.15) is 4.80 Å². The van der Waals surface area contributed by atoms with E-state index in [1.165, 1.54) is 12.1 Å². The molecule has 0 saturated carbocycles. The molecule has 0 atom stereocenters. The minimum absolute atomic E-state index is 0.0805. The first-order valence-electron chi connectivity index (χ1n) is 7.15. The molecule has 1 heterocycles. The number of nitrogens with one attached hydrogen (secondary N) is 1. The first-order valence-corrected chi connectivity index (χ1v) is 7.53. The summed E-state index contributed by atoms with van der Waals surface area (Å²) in [5.74, 6) is -0.390. The van der Waals surface area contributed by atoms with Crippen LogP contribution in [0.15, 0.2) is 48.5 Å². The second-order valence-corrected chi connectivity index (χ2v) is 5.50. The number of aromatic nitrogens is 4. The van der Waals surface area contributed by atoms with Gasteiger partial charge >= 0.3 is 0 Å². The number of tetrazole rings is 1. The Labute approximate surface area is 142 Å². The summed E-state index contributed by atoms with van der Waals surface area (Å²) in [7, 11) is 0. The maximum Gasteiger partial charge on any atom is 0.243 e. The maximum absolute atomic E-state index is 13.2. The highest BCUT2D eigenvalue weighted by molar-refractivity contribution is 6.30. The van der Waals surface area contributed by atoms with Gasteiger partial charge < -0.3 is 5.32 Å². The van der Waals surface area contributed by atoms with Gasteiger partial charge in [0.1, 0.15) is 12.4 Å². The molecule has 0 unspecified atom stereocenters. The number of amides is 1. The van der Waals surface area contributed by atoms with Gasteiger partial charge in [-0.15, -0.1) is 10.2 Å². The topological polar surface area (TPSA) is 72.7 Å². The van der Waals surface area contributed by atoms with Crippen LogP contribution in [0, 0.1) is 5.82 Å². The number of hydrogen-bond donors (Lipinski definition) is 1. The molecule has 6 nitrogen and oxygen atoms in total. The third-order valence-corrected chi connectivity index (χ3v) is 3.43. The van der Waals surface area contributed by atoms with Crippen LogP contribution in [0.1, 0.15) is 5.56 Å². The van der Waals surface area contributed by atoms with Gasteiger partial charge in [0.25, 0.3) is 0 Å². The summed E-state index contributed by atoms with van der Waals surface area (Å²) in [5, 5.41) is 15.1. The van der Waals surface area contributed by atoms with Crippen molar-refractivity contribution in [3.05, 3.63) is 64.9 Å². The first-order chi connectivity index (χ1) is 11.6. The van der Waals surface area contributed by atoms with Gasteiger partial charge in [-0.25, -0.2) is 4.39 Å². The van der Waals surface area contributed by atoms with Crippen LogP contribution in [-0.4, -0.2) is 26.1 Å². The van der Waals surface area contributed by atoms with Gasteiger partial charge in [0.2, 0.25) is 11.7 Å². The summed E-state index contributed by atoms with van der Waals surface area (Å²) in [6, 6.07) is 13.1. The van der Waals surface area contributed by atoms with E-state index in [0.29, 0.717) is 17.1 Å². The number of carbonyl (C=O) groups is 1. The van der Waals surface area contributed by atoms with Crippen LogP contribution in [0.5, 0.6) is 0 Å². The molecule has 0 aliphatic rings. The van der Waals surface area contributed by atoms with Crippen molar-refractivity contribution in [2.75, 3.05) is 0 Å². The molecule has 0 aliphatic heterocycles. The van der Waals surface area contributed by atoms with E-state index in [1.807, 2.05) is 12.1 Å². The summed E-state index contributed by atoms with van der Waals surface area (Å²) in [4.78, 5) is 13.1. The molecule has 0 radical (unpaired) electrons. The Bertz CT molecular complexity index is 867. The van der Waals surface area contributed by atoms with E-state index in [1.54, 1.807) is 24.3 Å². The smallest absolute Gasteiger partial charge is 0.243 e. The number of rotatable bonds is 5. The van der Waals surface area contributed by atoms with Crippen LogP contribution in [0.25, 0.3) is 11.4 Å². The molecule has 1 amide bonds. The van der Waals surface area contributed by atoms with Crippen molar-refractivity contribution in [1.29, 1.82) is 0 Å². The number of halogens is 2. The minimum atomic E-state index is -0.386. The molecule has 24 heavy (non-hydrogen) atoms. The number of carbonyl (C=O) groups excluding carboxylic acids is 1. The zero-order valence-corrected chi connectivity index (χ0v) is 13.2. The van der Waals surface area contributed by atoms with Crippen LogP contribution >= 0.6 is 11.6 Å². The third kappa shape index (κ3) is 4.14. The molecule has 0 bridgehead atoms. The van der Waals surface area contributed by atoms with E-state index in [4.69, 9.17) is 11.6 Å². The van der Waals surface area contributed by atoms with Gasteiger partial charge in [0, 0.05) is 17.1 Å². The van der Waals surface area contributed by atoms with E-state index in [-0.39, 0.29) is 24.1 Å². The fraction of sp³-hybridized carbons (Fsp3) is 0.125. The molecule has 0 spiro atoms. The molecule has 122 valence electrons. The summed E-state index contributed by atoms with van der Waals surface area (Å²) in [5.41, 5.74) is 1.39. The molecule has 8 heteroatoms. The van der Waals surface area contributed by atoms with E-state index >= 15 is 0 Å². The SMILES string of the molecule is O=C(Cn1nnc(-c2cccc(F)c2)n1)NCc1cccc(Cl)c1. The zero-order chi connectivity index (χ0) is 16.9. The van der Waals surface area contributed by atoms with Crippen molar-refractivity contribution in [1.82, 2.24) is 25.5 Å². The Kier molecular flexibility index (Phi) is 4.81. The van der Waals surface area contributed by atoms with Gasteiger partial charge in [0.05, 0.1) is 0 Å². The van der Waals surface area contributed by atoms with E-state index < -0.39 is 0 Å². The molecule has 2 aromatic carbocycles. The Balaban J connectivity index is 1.59. The number of nitrogens with zero attached hydrogens (tertiary/aromatic N) is 4. The van der Waals surface area contributed by atoms with E-state index in [0.717, 1.165) is 10.4 Å². The lowest BCUT2D eigenvalue weighted by Crippen LogP contribution is -2.28. The van der Waals surface area contributed by atoms with E-state index in [2.05, 4.69) is 20.7 Å². The van der Waals surface area contributed by atoms with Crippen molar-refractivity contribution in [2.45, 2.75) is 13.1 Å². The molecule has 0 saturated heterocycles. The molecule has 3 rings (SSSR count). The molecule has 1 N–H and O–H groups in total. The predicted molar refractivity (Wildman–Crippen MR) is 86.5 cm³/mol. The average molecular weight is 346 g/mol. The number of hydrogen-bond acceptors (Lipinski definition) is 4. The van der Waals surface area contributed by atoms with Gasteiger partial charge in [-0.3, -0.25) is 4.79 Å². The van der Waals surface area contributed by atoms with Crippen LogP contribution in [0.3, 0.4) is 0 Å². The highest BCUT2D eigenvalue weighted by atomic mass is 35.5. The maximum atomic E-state index is 13.2. The van der Waals surface area contributed by atoms with Crippen molar-refractivity contribution in [2.24, 2.45) is 0 Å². The van der Waals surface area contributed by atoms with Gasteiger partial charge in [0.15, 0.2) is 0 Å². The Morgan fingerprint density at radius 3 is 2.83 bits per heavy atom.